The Morgan fingerprint density at radius 1 is 1.29 bits per heavy atom. The number of aromatic amines is 1. The van der Waals surface area contributed by atoms with Gasteiger partial charge < -0.3 is 10.7 Å². The van der Waals surface area contributed by atoms with Crippen molar-refractivity contribution in [1.82, 2.24) is 9.97 Å². The highest BCUT2D eigenvalue weighted by molar-refractivity contribution is 5.75. The van der Waals surface area contributed by atoms with Gasteiger partial charge in [-0.15, -0.1) is 0 Å². The molecule has 0 unspecified atom stereocenters. The monoisotopic (exact) mass is 229 g/mol. The fourth-order valence-corrected chi connectivity index (χ4v) is 2.82. The third-order valence-electron chi connectivity index (χ3n) is 3.79. The van der Waals surface area contributed by atoms with Crippen LogP contribution >= 0.6 is 0 Å². The number of fused-ring (bicyclic) bond motifs is 1. The molecule has 0 bridgehead atoms. The summed E-state index contributed by atoms with van der Waals surface area (Å²) in [7, 11) is 0. The maximum Gasteiger partial charge on any atom is 0.107 e. The van der Waals surface area contributed by atoms with Gasteiger partial charge in [0.1, 0.15) is 5.82 Å². The first kappa shape index (κ1) is 10.8. The lowest BCUT2D eigenvalue weighted by molar-refractivity contribution is 0.534. The van der Waals surface area contributed by atoms with Gasteiger partial charge >= 0.3 is 0 Å². The van der Waals surface area contributed by atoms with Crippen LogP contribution in [0.1, 0.15) is 37.1 Å². The number of nitrogens with zero attached hydrogens (tertiary/aromatic N) is 1. The van der Waals surface area contributed by atoms with Crippen molar-refractivity contribution in [2.75, 3.05) is 0 Å². The summed E-state index contributed by atoms with van der Waals surface area (Å²) in [6.07, 6.45) is 6.62. The van der Waals surface area contributed by atoms with Gasteiger partial charge in [-0.3, -0.25) is 0 Å². The number of nitrogens with one attached hydrogen (secondary N) is 1. The summed E-state index contributed by atoms with van der Waals surface area (Å²) in [5.41, 5.74) is 9.00. The average molecular weight is 229 g/mol. The van der Waals surface area contributed by atoms with Crippen LogP contribution in [0, 0.1) is 5.92 Å². The Morgan fingerprint density at radius 3 is 2.88 bits per heavy atom. The number of nitrogens with two attached hydrogens (primary N) is 1. The van der Waals surface area contributed by atoms with E-state index in [4.69, 9.17) is 5.73 Å². The Balaban J connectivity index is 1.85. The molecule has 0 spiro atoms. The third-order valence-corrected chi connectivity index (χ3v) is 3.79. The summed E-state index contributed by atoms with van der Waals surface area (Å²) < 4.78 is 0. The molecule has 0 saturated heterocycles. The molecule has 3 rings (SSSR count). The molecule has 1 aliphatic rings. The second kappa shape index (κ2) is 4.49. The summed E-state index contributed by atoms with van der Waals surface area (Å²) in [6.45, 7) is 0.590. The van der Waals surface area contributed by atoms with Crippen molar-refractivity contribution in [3.63, 3.8) is 0 Å². The molecule has 1 aromatic heterocycles. The van der Waals surface area contributed by atoms with Crippen LogP contribution in [0.2, 0.25) is 0 Å². The molecule has 0 atom stereocenters. The normalized spacial score (nSPS) is 17.0. The van der Waals surface area contributed by atoms with Gasteiger partial charge in [-0.1, -0.05) is 31.7 Å². The molecule has 0 radical (unpaired) electrons. The van der Waals surface area contributed by atoms with E-state index in [-0.39, 0.29) is 0 Å². The zero-order chi connectivity index (χ0) is 11.7. The van der Waals surface area contributed by atoms with Gasteiger partial charge in [0.2, 0.25) is 0 Å². The molecule has 1 saturated carbocycles. The number of hydrogen-bond donors (Lipinski definition) is 2. The van der Waals surface area contributed by atoms with E-state index in [1.54, 1.807) is 0 Å². The van der Waals surface area contributed by atoms with E-state index >= 15 is 0 Å². The topological polar surface area (TPSA) is 54.7 Å². The molecular weight excluding hydrogens is 210 g/mol. The Labute approximate surface area is 101 Å². The van der Waals surface area contributed by atoms with Crippen LogP contribution in [0.25, 0.3) is 11.0 Å². The molecule has 2 aromatic rings. The van der Waals surface area contributed by atoms with Crippen LogP contribution in [0.4, 0.5) is 0 Å². The second-order valence-corrected chi connectivity index (χ2v) is 5.09. The Kier molecular flexibility index (Phi) is 2.85. The second-order valence-electron chi connectivity index (χ2n) is 5.09. The van der Waals surface area contributed by atoms with E-state index in [1.807, 2.05) is 0 Å². The first-order valence-electron chi connectivity index (χ1n) is 6.53. The average Bonchev–Trinajstić information content (AvgIpc) is 2.96. The molecule has 1 aromatic carbocycles. The van der Waals surface area contributed by atoms with Crippen LogP contribution in [0.5, 0.6) is 0 Å². The fraction of sp³-hybridized carbons (Fsp3) is 0.500. The van der Waals surface area contributed by atoms with E-state index in [2.05, 4.69) is 28.2 Å². The maximum absolute atomic E-state index is 5.65. The molecule has 17 heavy (non-hydrogen) atoms. The smallest absolute Gasteiger partial charge is 0.107 e. The summed E-state index contributed by atoms with van der Waals surface area (Å²) in [6, 6.07) is 6.23. The summed E-state index contributed by atoms with van der Waals surface area (Å²) in [5.74, 6) is 1.98. The highest BCUT2D eigenvalue weighted by Gasteiger charge is 2.17. The van der Waals surface area contributed by atoms with Crippen LogP contribution in [-0.4, -0.2) is 9.97 Å². The van der Waals surface area contributed by atoms with E-state index < -0.39 is 0 Å². The van der Waals surface area contributed by atoms with Crippen molar-refractivity contribution in [3.8, 4) is 0 Å². The van der Waals surface area contributed by atoms with Gasteiger partial charge in [-0.2, -0.15) is 0 Å². The molecule has 0 amide bonds. The highest BCUT2D eigenvalue weighted by atomic mass is 14.9. The zero-order valence-electron chi connectivity index (χ0n) is 10.1. The third kappa shape index (κ3) is 2.20. The number of hydrogen-bond acceptors (Lipinski definition) is 2. The molecule has 1 heterocycles. The maximum atomic E-state index is 5.65. The van der Waals surface area contributed by atoms with E-state index in [1.165, 1.54) is 25.7 Å². The van der Waals surface area contributed by atoms with Crippen molar-refractivity contribution in [2.24, 2.45) is 11.7 Å². The van der Waals surface area contributed by atoms with E-state index in [0.29, 0.717) is 6.54 Å². The fourth-order valence-electron chi connectivity index (χ4n) is 2.82. The Hall–Kier alpha value is -1.35. The van der Waals surface area contributed by atoms with Crippen LogP contribution in [0.3, 0.4) is 0 Å². The molecule has 3 N–H and O–H groups in total. The van der Waals surface area contributed by atoms with Gasteiger partial charge in [0.05, 0.1) is 11.0 Å². The predicted molar refractivity (Wildman–Crippen MR) is 69.6 cm³/mol. The van der Waals surface area contributed by atoms with Crippen molar-refractivity contribution < 1.29 is 0 Å². The minimum atomic E-state index is 0.590. The number of aromatic nitrogens is 2. The van der Waals surface area contributed by atoms with E-state index in [9.17, 15) is 0 Å². The molecule has 3 heteroatoms. The van der Waals surface area contributed by atoms with Crippen molar-refractivity contribution >= 4 is 11.0 Å². The van der Waals surface area contributed by atoms with Crippen molar-refractivity contribution in [2.45, 2.75) is 38.6 Å². The molecular formula is C14H19N3. The summed E-state index contributed by atoms with van der Waals surface area (Å²) >= 11 is 0. The quantitative estimate of drug-likeness (QED) is 0.850. The Morgan fingerprint density at radius 2 is 2.12 bits per heavy atom. The van der Waals surface area contributed by atoms with E-state index in [0.717, 1.165) is 34.8 Å². The lowest BCUT2D eigenvalue weighted by Gasteiger charge is -2.04. The summed E-state index contributed by atoms with van der Waals surface area (Å²) in [4.78, 5) is 8.09. The van der Waals surface area contributed by atoms with Crippen LogP contribution in [0.15, 0.2) is 18.2 Å². The summed E-state index contributed by atoms with van der Waals surface area (Å²) in [5, 5.41) is 0. The van der Waals surface area contributed by atoms with Gasteiger partial charge in [0, 0.05) is 13.0 Å². The number of H-pyrrole nitrogens is 1. The van der Waals surface area contributed by atoms with Gasteiger partial charge in [-0.25, -0.2) is 4.98 Å². The van der Waals surface area contributed by atoms with Gasteiger partial charge in [0.15, 0.2) is 0 Å². The number of imidazole rings is 1. The first-order valence-corrected chi connectivity index (χ1v) is 6.53. The Bertz CT molecular complexity index is 509. The number of benzene rings is 1. The minimum Gasteiger partial charge on any atom is -0.342 e. The largest absolute Gasteiger partial charge is 0.342 e. The van der Waals surface area contributed by atoms with Gasteiger partial charge in [0.25, 0.3) is 0 Å². The van der Waals surface area contributed by atoms with Gasteiger partial charge in [-0.05, 0) is 23.6 Å². The minimum absolute atomic E-state index is 0.590. The molecule has 90 valence electrons. The van der Waals surface area contributed by atoms with Crippen molar-refractivity contribution in [1.29, 1.82) is 0 Å². The lowest BCUT2D eigenvalue weighted by Crippen LogP contribution is -2.00. The van der Waals surface area contributed by atoms with Crippen molar-refractivity contribution in [3.05, 3.63) is 29.6 Å². The predicted octanol–water partition coefficient (Wildman–Crippen LogP) is 2.75. The standard InChI is InChI=1S/C14H19N3/c15-9-11-5-6-12-13(7-11)17-14(16-12)8-10-3-1-2-4-10/h5-7,10H,1-4,8-9,15H2,(H,16,17). The molecule has 3 nitrogen and oxygen atoms in total. The zero-order valence-corrected chi connectivity index (χ0v) is 10.1. The van der Waals surface area contributed by atoms with Crippen LogP contribution < -0.4 is 5.73 Å². The SMILES string of the molecule is NCc1ccc2nc(CC3CCCC3)[nH]c2c1. The van der Waals surface area contributed by atoms with Crippen LogP contribution in [-0.2, 0) is 13.0 Å². The molecule has 1 aliphatic carbocycles. The molecule has 0 aliphatic heterocycles. The molecule has 1 fully saturated rings. The highest BCUT2D eigenvalue weighted by Crippen LogP contribution is 2.27. The first-order chi connectivity index (χ1) is 8.35. The number of rotatable bonds is 3. The lowest BCUT2D eigenvalue weighted by atomic mass is 10.0.